The summed E-state index contributed by atoms with van der Waals surface area (Å²) in [5.74, 6) is -3.09. The third-order valence-electron chi connectivity index (χ3n) is 2.01. The molecule has 0 saturated carbocycles. The largest absolute Gasteiger partial charge is 0.504 e. The van der Waals surface area contributed by atoms with Gasteiger partial charge in [-0.25, -0.2) is 0 Å². The second-order valence-corrected chi connectivity index (χ2v) is 3.60. The van der Waals surface area contributed by atoms with E-state index in [1.807, 2.05) is 0 Å². The van der Waals surface area contributed by atoms with Gasteiger partial charge in [-0.15, -0.1) is 0 Å². The molecule has 102 valence electrons. The number of carboxylic acid groups (broad SMARTS) is 2. The minimum absolute atomic E-state index is 0.301. The molecule has 1 aromatic carbocycles. The smallest absolute Gasteiger partial charge is 0.324 e. The van der Waals surface area contributed by atoms with E-state index in [-0.39, 0.29) is 11.5 Å². The number of carbonyl (C=O) groups is 2. The van der Waals surface area contributed by atoms with Gasteiger partial charge in [-0.05, 0) is 23.8 Å². The van der Waals surface area contributed by atoms with Crippen molar-refractivity contribution < 1.29 is 30.0 Å². The van der Waals surface area contributed by atoms with Crippen LogP contribution in [0.1, 0.15) is 5.56 Å². The van der Waals surface area contributed by atoms with Gasteiger partial charge in [0.2, 0.25) is 0 Å². The van der Waals surface area contributed by atoms with Crippen molar-refractivity contribution in [3.05, 3.63) is 23.8 Å². The maximum Gasteiger partial charge on any atom is 0.324 e. The van der Waals surface area contributed by atoms with Crippen LogP contribution in [0.3, 0.4) is 0 Å². The summed E-state index contributed by atoms with van der Waals surface area (Å²) in [4.78, 5) is 21.0. The van der Waals surface area contributed by atoms with Crippen LogP contribution >= 0.6 is 0 Å². The summed E-state index contributed by atoms with van der Waals surface area (Å²) in [5.41, 5.74) is 0.385. The lowest BCUT2D eigenvalue weighted by atomic mass is 10.2. The van der Waals surface area contributed by atoms with E-state index in [0.29, 0.717) is 5.56 Å². The van der Waals surface area contributed by atoms with Crippen LogP contribution in [-0.4, -0.2) is 56.7 Å². The Kier molecular flexibility index (Phi) is 4.69. The second-order valence-electron chi connectivity index (χ2n) is 3.60. The van der Waals surface area contributed by atoms with Crippen LogP contribution in [0.25, 0.3) is 0 Å². The number of hydrazone groups is 1. The Balaban J connectivity index is 2.81. The van der Waals surface area contributed by atoms with Crippen LogP contribution in [0.5, 0.6) is 11.5 Å². The highest BCUT2D eigenvalue weighted by Crippen LogP contribution is 2.23. The number of phenols is 2. The highest BCUT2D eigenvalue weighted by Gasteiger charge is 2.10. The van der Waals surface area contributed by atoms with Gasteiger partial charge in [0.05, 0.1) is 6.21 Å². The molecular weight excluding hydrogens is 256 g/mol. The first-order valence-electron chi connectivity index (χ1n) is 5.13. The van der Waals surface area contributed by atoms with E-state index >= 15 is 0 Å². The van der Waals surface area contributed by atoms with E-state index in [0.717, 1.165) is 5.01 Å². The van der Waals surface area contributed by atoms with Gasteiger partial charge in [0, 0.05) is 0 Å². The maximum absolute atomic E-state index is 10.5. The molecule has 8 nitrogen and oxygen atoms in total. The normalized spacial score (nSPS) is 10.5. The molecule has 0 heterocycles. The number of aromatic hydroxyl groups is 2. The molecule has 19 heavy (non-hydrogen) atoms. The summed E-state index contributed by atoms with van der Waals surface area (Å²) < 4.78 is 0. The Morgan fingerprint density at radius 3 is 2.16 bits per heavy atom. The van der Waals surface area contributed by atoms with E-state index in [4.69, 9.17) is 15.3 Å². The fraction of sp³-hybridized carbons (Fsp3) is 0.182. The molecule has 0 unspecified atom stereocenters. The van der Waals surface area contributed by atoms with Crippen LogP contribution in [0.15, 0.2) is 23.3 Å². The average molecular weight is 268 g/mol. The van der Waals surface area contributed by atoms with Crippen LogP contribution in [0, 0.1) is 0 Å². The summed E-state index contributed by atoms with van der Waals surface area (Å²) in [6.07, 6.45) is 1.19. The summed E-state index contributed by atoms with van der Waals surface area (Å²) in [5, 5.41) is 40.1. The molecule has 0 amide bonds. The highest BCUT2D eigenvalue weighted by molar-refractivity contribution is 5.81. The topological polar surface area (TPSA) is 131 Å². The molecule has 4 N–H and O–H groups in total. The average Bonchev–Trinajstić information content (AvgIpc) is 2.29. The van der Waals surface area contributed by atoms with Crippen molar-refractivity contribution in [2.24, 2.45) is 5.10 Å². The lowest BCUT2D eigenvalue weighted by Crippen LogP contribution is -2.30. The summed E-state index contributed by atoms with van der Waals surface area (Å²) >= 11 is 0. The SMILES string of the molecule is O=C(O)CN(CC(=O)O)/N=C\c1ccc(O)c(O)c1. The number of aliphatic carboxylic acids is 2. The number of nitrogens with zero attached hydrogens (tertiary/aromatic N) is 2. The van der Waals surface area contributed by atoms with Gasteiger partial charge < -0.3 is 20.4 Å². The molecule has 0 radical (unpaired) electrons. The van der Waals surface area contributed by atoms with Crippen molar-refractivity contribution in [2.75, 3.05) is 13.1 Å². The fourth-order valence-electron chi connectivity index (χ4n) is 1.22. The molecular formula is C11H12N2O6. The van der Waals surface area contributed by atoms with E-state index < -0.39 is 25.0 Å². The lowest BCUT2D eigenvalue weighted by Gasteiger charge is -2.13. The van der Waals surface area contributed by atoms with Crippen LogP contribution < -0.4 is 0 Å². The minimum Gasteiger partial charge on any atom is -0.504 e. The van der Waals surface area contributed by atoms with Crippen molar-refractivity contribution in [2.45, 2.75) is 0 Å². The Morgan fingerprint density at radius 2 is 1.68 bits per heavy atom. The molecule has 0 saturated heterocycles. The second kappa shape index (κ2) is 6.24. The van der Waals surface area contributed by atoms with E-state index in [1.54, 1.807) is 0 Å². The Morgan fingerprint density at radius 1 is 1.11 bits per heavy atom. The van der Waals surface area contributed by atoms with E-state index in [1.165, 1.54) is 24.4 Å². The van der Waals surface area contributed by atoms with Crippen LogP contribution in [0.2, 0.25) is 0 Å². The summed E-state index contributed by atoms with van der Waals surface area (Å²) in [6.45, 7) is -1.13. The molecule has 0 aromatic heterocycles. The van der Waals surface area contributed by atoms with Gasteiger partial charge in [0.15, 0.2) is 11.5 Å². The minimum atomic E-state index is -1.22. The zero-order valence-corrected chi connectivity index (χ0v) is 9.72. The van der Waals surface area contributed by atoms with Crippen molar-refractivity contribution in [3.8, 4) is 11.5 Å². The number of benzene rings is 1. The van der Waals surface area contributed by atoms with E-state index in [2.05, 4.69) is 5.10 Å². The Hall–Kier alpha value is -2.77. The Labute approximate surface area is 107 Å². The van der Waals surface area contributed by atoms with Crippen LogP contribution in [0.4, 0.5) is 0 Å². The predicted molar refractivity (Wildman–Crippen MR) is 64.2 cm³/mol. The lowest BCUT2D eigenvalue weighted by molar-refractivity contribution is -0.141. The number of rotatable bonds is 6. The van der Waals surface area contributed by atoms with Crippen molar-refractivity contribution >= 4 is 18.2 Å². The molecule has 0 fully saturated rings. The van der Waals surface area contributed by atoms with Gasteiger partial charge in [0.25, 0.3) is 0 Å². The monoisotopic (exact) mass is 268 g/mol. The van der Waals surface area contributed by atoms with Crippen molar-refractivity contribution in [1.82, 2.24) is 5.01 Å². The Bertz CT molecular complexity index is 498. The van der Waals surface area contributed by atoms with Gasteiger partial charge in [0.1, 0.15) is 13.1 Å². The molecule has 1 rings (SSSR count). The first-order valence-corrected chi connectivity index (χ1v) is 5.13. The first-order chi connectivity index (χ1) is 8.88. The summed E-state index contributed by atoms with van der Waals surface area (Å²) in [7, 11) is 0. The fourth-order valence-corrected chi connectivity index (χ4v) is 1.22. The molecule has 0 spiro atoms. The molecule has 0 aliphatic carbocycles. The number of phenolic OH excluding ortho intramolecular Hbond substituents is 2. The van der Waals surface area contributed by atoms with Gasteiger partial charge in [-0.1, -0.05) is 0 Å². The number of hydrogen-bond donors (Lipinski definition) is 4. The molecule has 1 aromatic rings. The zero-order valence-electron chi connectivity index (χ0n) is 9.72. The van der Waals surface area contributed by atoms with Crippen molar-refractivity contribution in [3.63, 3.8) is 0 Å². The van der Waals surface area contributed by atoms with Gasteiger partial charge in [-0.2, -0.15) is 5.10 Å². The van der Waals surface area contributed by atoms with E-state index in [9.17, 15) is 14.7 Å². The van der Waals surface area contributed by atoms with Gasteiger partial charge >= 0.3 is 11.9 Å². The summed E-state index contributed by atoms with van der Waals surface area (Å²) in [6, 6.07) is 3.87. The maximum atomic E-state index is 10.5. The van der Waals surface area contributed by atoms with Crippen molar-refractivity contribution in [1.29, 1.82) is 0 Å². The third-order valence-corrected chi connectivity index (χ3v) is 2.01. The quantitative estimate of drug-likeness (QED) is 0.322. The molecule has 0 aliphatic rings. The number of hydrogen-bond acceptors (Lipinski definition) is 6. The predicted octanol–water partition coefficient (Wildman–Crippen LogP) is -0.0971. The van der Waals surface area contributed by atoms with Crippen LogP contribution in [-0.2, 0) is 9.59 Å². The molecule has 0 aliphatic heterocycles. The number of carboxylic acids is 2. The first kappa shape index (κ1) is 14.3. The third kappa shape index (κ3) is 4.94. The molecule has 8 heteroatoms. The van der Waals surface area contributed by atoms with Gasteiger partial charge in [-0.3, -0.25) is 14.6 Å². The molecule has 0 atom stereocenters. The molecule has 0 bridgehead atoms. The highest BCUT2D eigenvalue weighted by atomic mass is 16.4. The standard InChI is InChI=1S/C11H12N2O6/c14-8-2-1-7(3-9(8)15)4-12-13(5-10(16)17)6-11(18)19/h1-4,14-15H,5-6H2,(H,16,17)(H,18,19)/b12-4-. The zero-order chi connectivity index (χ0) is 14.4.